The molecule has 2 aliphatic rings. The van der Waals surface area contributed by atoms with E-state index in [2.05, 4.69) is 40.1 Å². The van der Waals surface area contributed by atoms with Crippen LogP contribution in [0.1, 0.15) is 37.3 Å². The minimum Gasteiger partial charge on any atom is -0.390 e. The lowest BCUT2D eigenvalue weighted by molar-refractivity contribution is -0.123. The van der Waals surface area contributed by atoms with Crippen LogP contribution in [-0.4, -0.2) is 56.2 Å². The highest BCUT2D eigenvalue weighted by Gasteiger charge is 2.43. The van der Waals surface area contributed by atoms with E-state index >= 15 is 0 Å². The Labute approximate surface area is 154 Å². The first-order valence-corrected chi connectivity index (χ1v) is 9.53. The van der Waals surface area contributed by atoms with Gasteiger partial charge in [0.15, 0.2) is 0 Å². The van der Waals surface area contributed by atoms with Crippen molar-refractivity contribution in [3.63, 3.8) is 0 Å². The van der Waals surface area contributed by atoms with Crippen molar-refractivity contribution in [1.82, 2.24) is 19.7 Å². The van der Waals surface area contributed by atoms with Crippen LogP contribution in [0.4, 0.5) is 0 Å². The molecule has 0 aliphatic carbocycles. The number of aromatic nitrogens is 3. The molecule has 0 radical (unpaired) electrons. The van der Waals surface area contributed by atoms with Crippen LogP contribution in [0.25, 0.3) is 5.69 Å². The smallest absolute Gasteiger partial charge is 0.138 e. The van der Waals surface area contributed by atoms with Crippen molar-refractivity contribution in [3.8, 4) is 5.69 Å². The van der Waals surface area contributed by atoms with Crippen molar-refractivity contribution in [1.29, 1.82) is 0 Å². The number of likely N-dealkylation sites (tertiary alicyclic amines) is 1. The van der Waals surface area contributed by atoms with Gasteiger partial charge < -0.3 is 9.84 Å². The summed E-state index contributed by atoms with van der Waals surface area (Å²) in [7, 11) is 0. The molecule has 0 saturated carbocycles. The molecular weight excluding hydrogens is 328 g/mol. The molecule has 6 heteroatoms. The highest BCUT2D eigenvalue weighted by Crippen LogP contribution is 2.36. The number of rotatable bonds is 4. The molecule has 0 spiro atoms. The van der Waals surface area contributed by atoms with Crippen LogP contribution in [0.2, 0.25) is 0 Å². The van der Waals surface area contributed by atoms with E-state index in [1.807, 2.05) is 6.92 Å². The number of aryl methyl sites for hydroxylation is 1. The highest BCUT2D eigenvalue weighted by atomic mass is 16.5. The van der Waals surface area contributed by atoms with Crippen LogP contribution >= 0.6 is 0 Å². The molecule has 1 aromatic heterocycles. The molecule has 1 aromatic carbocycles. The van der Waals surface area contributed by atoms with Gasteiger partial charge in [-0.25, -0.2) is 9.67 Å². The molecule has 0 amide bonds. The van der Waals surface area contributed by atoms with E-state index in [1.54, 1.807) is 17.3 Å². The molecule has 2 saturated heterocycles. The second-order valence-corrected chi connectivity index (χ2v) is 7.93. The van der Waals surface area contributed by atoms with E-state index < -0.39 is 5.60 Å². The zero-order valence-corrected chi connectivity index (χ0v) is 15.6. The maximum atomic E-state index is 10.8. The van der Waals surface area contributed by atoms with Gasteiger partial charge in [-0.1, -0.05) is 12.1 Å². The van der Waals surface area contributed by atoms with Gasteiger partial charge in [0.2, 0.25) is 0 Å². The summed E-state index contributed by atoms with van der Waals surface area (Å²) in [5.41, 5.74) is 2.93. The van der Waals surface area contributed by atoms with E-state index in [-0.39, 0.29) is 5.92 Å². The van der Waals surface area contributed by atoms with E-state index in [0.29, 0.717) is 19.3 Å². The minimum absolute atomic E-state index is 0.189. The molecule has 2 fully saturated rings. The fourth-order valence-electron chi connectivity index (χ4n) is 4.52. The van der Waals surface area contributed by atoms with Crippen molar-refractivity contribution in [2.24, 2.45) is 5.92 Å². The van der Waals surface area contributed by atoms with Crippen LogP contribution in [0.15, 0.2) is 30.9 Å². The average Bonchev–Trinajstić information content (AvgIpc) is 3.27. The molecule has 140 valence electrons. The Hall–Kier alpha value is -1.76. The Morgan fingerprint density at radius 2 is 2.27 bits per heavy atom. The van der Waals surface area contributed by atoms with Crippen LogP contribution < -0.4 is 0 Å². The summed E-state index contributed by atoms with van der Waals surface area (Å²) >= 11 is 0. The van der Waals surface area contributed by atoms with Gasteiger partial charge in [-0.2, -0.15) is 5.10 Å². The Bertz CT molecular complexity index is 744. The van der Waals surface area contributed by atoms with Gasteiger partial charge in [0.25, 0.3) is 0 Å². The summed E-state index contributed by atoms with van der Waals surface area (Å²) in [6.45, 7) is 7.42. The first-order valence-electron chi connectivity index (χ1n) is 9.53. The third-order valence-electron chi connectivity index (χ3n) is 6.04. The minimum atomic E-state index is -0.627. The Morgan fingerprint density at radius 1 is 1.38 bits per heavy atom. The summed E-state index contributed by atoms with van der Waals surface area (Å²) in [4.78, 5) is 6.55. The average molecular weight is 356 g/mol. The number of hydrogen-bond donors (Lipinski definition) is 1. The first-order chi connectivity index (χ1) is 12.5. The fraction of sp³-hybridized carbons (Fsp3) is 0.600. The van der Waals surface area contributed by atoms with Gasteiger partial charge in [-0.3, -0.25) is 4.90 Å². The summed E-state index contributed by atoms with van der Waals surface area (Å²) in [6.07, 6.45) is 6.34. The van der Waals surface area contributed by atoms with E-state index in [9.17, 15) is 5.11 Å². The molecule has 3 atom stereocenters. The van der Waals surface area contributed by atoms with Gasteiger partial charge in [0.05, 0.1) is 17.9 Å². The maximum absolute atomic E-state index is 10.8. The third kappa shape index (κ3) is 3.41. The lowest BCUT2D eigenvalue weighted by Crippen LogP contribution is -2.52. The summed E-state index contributed by atoms with van der Waals surface area (Å²) in [6, 6.07) is 6.92. The zero-order chi connectivity index (χ0) is 18.1. The topological polar surface area (TPSA) is 63.4 Å². The normalized spacial score (nSPS) is 30.0. The molecule has 4 rings (SSSR count). The van der Waals surface area contributed by atoms with Crippen LogP contribution in [0.3, 0.4) is 0 Å². The van der Waals surface area contributed by atoms with Gasteiger partial charge in [0, 0.05) is 25.1 Å². The van der Waals surface area contributed by atoms with Crippen molar-refractivity contribution >= 4 is 0 Å². The van der Waals surface area contributed by atoms with Gasteiger partial charge in [-0.05, 0) is 56.8 Å². The third-order valence-corrected chi connectivity index (χ3v) is 6.04. The molecule has 3 heterocycles. The van der Waals surface area contributed by atoms with E-state index in [0.717, 1.165) is 31.6 Å². The van der Waals surface area contributed by atoms with Crippen LogP contribution in [0, 0.1) is 12.8 Å². The number of benzene rings is 1. The molecule has 26 heavy (non-hydrogen) atoms. The second kappa shape index (κ2) is 7.10. The highest BCUT2D eigenvalue weighted by molar-refractivity contribution is 5.41. The summed E-state index contributed by atoms with van der Waals surface area (Å²) < 4.78 is 7.50. The fourth-order valence-corrected chi connectivity index (χ4v) is 4.52. The molecule has 2 aromatic rings. The van der Waals surface area contributed by atoms with Crippen molar-refractivity contribution < 1.29 is 9.84 Å². The lowest BCUT2D eigenvalue weighted by Gasteiger charge is -2.43. The Kier molecular flexibility index (Phi) is 4.82. The van der Waals surface area contributed by atoms with Crippen LogP contribution in [-0.2, 0) is 11.3 Å². The molecule has 3 unspecified atom stereocenters. The SMILES string of the molecule is Cc1cc(CN2CCCC2C2COCCC2(C)O)ccc1-n1cncn1. The van der Waals surface area contributed by atoms with Crippen molar-refractivity contribution in [2.75, 3.05) is 19.8 Å². The van der Waals surface area contributed by atoms with Crippen molar-refractivity contribution in [3.05, 3.63) is 42.0 Å². The van der Waals surface area contributed by atoms with E-state index in [4.69, 9.17) is 4.74 Å². The predicted molar refractivity (Wildman–Crippen MR) is 99.1 cm³/mol. The molecule has 0 bridgehead atoms. The lowest BCUT2D eigenvalue weighted by atomic mass is 9.79. The molecule has 2 aliphatic heterocycles. The quantitative estimate of drug-likeness (QED) is 0.911. The largest absolute Gasteiger partial charge is 0.390 e. The number of ether oxygens (including phenoxy) is 1. The standard InChI is InChI=1S/C20H28N4O2/c1-15-10-16(5-6-18(15)24-14-21-13-22-24)11-23-8-3-4-19(23)17-12-26-9-7-20(17,2)25/h5-6,10,13-14,17,19,25H,3-4,7-9,11-12H2,1-2H3. The van der Waals surface area contributed by atoms with Crippen LogP contribution in [0.5, 0.6) is 0 Å². The molecular formula is C20H28N4O2. The van der Waals surface area contributed by atoms with Crippen molar-refractivity contribution in [2.45, 2.75) is 51.3 Å². The van der Waals surface area contributed by atoms with Gasteiger partial charge in [-0.15, -0.1) is 0 Å². The van der Waals surface area contributed by atoms with Gasteiger partial charge >= 0.3 is 0 Å². The predicted octanol–water partition coefficient (Wildman–Crippen LogP) is 2.33. The first kappa shape index (κ1) is 17.6. The Balaban J connectivity index is 1.50. The molecule has 1 N–H and O–H groups in total. The zero-order valence-electron chi connectivity index (χ0n) is 15.6. The van der Waals surface area contributed by atoms with E-state index in [1.165, 1.54) is 17.5 Å². The number of nitrogens with zero attached hydrogens (tertiary/aromatic N) is 4. The number of aliphatic hydroxyl groups is 1. The monoisotopic (exact) mass is 356 g/mol. The maximum Gasteiger partial charge on any atom is 0.138 e. The Morgan fingerprint density at radius 3 is 3.00 bits per heavy atom. The summed E-state index contributed by atoms with van der Waals surface area (Å²) in [5, 5.41) is 15.1. The van der Waals surface area contributed by atoms with Gasteiger partial charge in [0.1, 0.15) is 12.7 Å². The second-order valence-electron chi connectivity index (χ2n) is 7.93. The molecule has 6 nitrogen and oxygen atoms in total. The number of hydrogen-bond acceptors (Lipinski definition) is 5. The summed E-state index contributed by atoms with van der Waals surface area (Å²) in [5.74, 6) is 0.189.